The fourth-order valence-electron chi connectivity index (χ4n) is 3.45. The van der Waals surface area contributed by atoms with Gasteiger partial charge < -0.3 is 10.1 Å². The molecule has 4 aromatic rings. The van der Waals surface area contributed by atoms with Gasteiger partial charge in [0.25, 0.3) is 5.56 Å². The van der Waals surface area contributed by atoms with Gasteiger partial charge >= 0.3 is 0 Å². The number of nitrogens with zero attached hydrogens (tertiary/aromatic N) is 2. The Labute approximate surface area is 173 Å². The summed E-state index contributed by atoms with van der Waals surface area (Å²) in [6, 6.07) is 20.2. The van der Waals surface area contributed by atoms with Crippen molar-refractivity contribution in [1.82, 2.24) is 14.9 Å². The van der Waals surface area contributed by atoms with Gasteiger partial charge in [0.15, 0.2) is 0 Å². The normalized spacial score (nSPS) is 11.4. The van der Waals surface area contributed by atoms with Crippen LogP contribution in [0.3, 0.4) is 0 Å². The molecule has 0 bridgehead atoms. The molecule has 0 saturated carbocycles. The molecule has 2 N–H and O–H groups in total. The number of fused-ring (bicyclic) bond motifs is 1. The Hall–Kier alpha value is -2.80. The van der Waals surface area contributed by atoms with Crippen molar-refractivity contribution < 1.29 is 5.11 Å². The molecule has 0 aliphatic carbocycles. The van der Waals surface area contributed by atoms with Crippen LogP contribution in [0.15, 0.2) is 70.8 Å². The van der Waals surface area contributed by atoms with Gasteiger partial charge in [-0.25, -0.2) is 4.98 Å². The summed E-state index contributed by atoms with van der Waals surface area (Å²) < 4.78 is 0. The van der Waals surface area contributed by atoms with Crippen LogP contribution in [0.4, 0.5) is 0 Å². The first-order valence-corrected chi connectivity index (χ1v) is 10.6. The van der Waals surface area contributed by atoms with Crippen LogP contribution in [-0.2, 0) is 13.0 Å². The van der Waals surface area contributed by atoms with Crippen molar-refractivity contribution in [3.05, 3.63) is 87.8 Å². The maximum atomic E-state index is 12.8. The van der Waals surface area contributed by atoms with Gasteiger partial charge in [-0.3, -0.25) is 9.69 Å². The number of hydrogen-bond acceptors (Lipinski definition) is 5. The standard InChI is InChI=1S/C23H23N3O2S/c27-14-13-26(12-11-17-7-3-1-4-8-17)15-20-24-22(28)21-19(16-29-23(21)25-20)18-9-5-2-6-10-18/h1-10,16,27H,11-15H2,(H,24,25,28). The molecular weight excluding hydrogens is 382 g/mol. The smallest absolute Gasteiger partial charge is 0.260 e. The molecular formula is C23H23N3O2S. The minimum Gasteiger partial charge on any atom is -0.395 e. The number of aliphatic hydroxyl groups excluding tert-OH is 1. The summed E-state index contributed by atoms with van der Waals surface area (Å²) in [6.45, 7) is 1.88. The number of H-pyrrole nitrogens is 1. The van der Waals surface area contributed by atoms with Crippen molar-refractivity contribution >= 4 is 21.6 Å². The van der Waals surface area contributed by atoms with E-state index >= 15 is 0 Å². The molecule has 0 fully saturated rings. The van der Waals surface area contributed by atoms with Crippen molar-refractivity contribution in [2.45, 2.75) is 13.0 Å². The third kappa shape index (κ3) is 4.62. The highest BCUT2D eigenvalue weighted by Gasteiger charge is 2.14. The van der Waals surface area contributed by atoms with Crippen molar-refractivity contribution in [3.8, 4) is 11.1 Å². The number of thiophene rings is 1. The largest absolute Gasteiger partial charge is 0.395 e. The van der Waals surface area contributed by atoms with Crippen LogP contribution in [-0.4, -0.2) is 39.7 Å². The van der Waals surface area contributed by atoms with Crippen LogP contribution in [0.2, 0.25) is 0 Å². The number of aromatic nitrogens is 2. The highest BCUT2D eigenvalue weighted by molar-refractivity contribution is 7.17. The maximum Gasteiger partial charge on any atom is 0.260 e. The summed E-state index contributed by atoms with van der Waals surface area (Å²) in [7, 11) is 0. The number of benzene rings is 2. The van der Waals surface area contributed by atoms with Crippen LogP contribution >= 0.6 is 11.3 Å². The molecule has 29 heavy (non-hydrogen) atoms. The van der Waals surface area contributed by atoms with Gasteiger partial charge in [0.05, 0.1) is 18.5 Å². The highest BCUT2D eigenvalue weighted by Crippen LogP contribution is 2.30. The Morgan fingerprint density at radius 1 is 1.00 bits per heavy atom. The molecule has 0 spiro atoms. The van der Waals surface area contributed by atoms with Crippen LogP contribution in [0.25, 0.3) is 21.3 Å². The molecule has 6 heteroatoms. The lowest BCUT2D eigenvalue weighted by molar-refractivity contribution is 0.188. The lowest BCUT2D eigenvalue weighted by Gasteiger charge is -2.20. The van der Waals surface area contributed by atoms with Gasteiger partial charge in [0.2, 0.25) is 0 Å². The minimum absolute atomic E-state index is 0.0679. The average Bonchev–Trinajstić information content (AvgIpc) is 3.18. The van der Waals surface area contributed by atoms with Crippen LogP contribution in [0, 0.1) is 0 Å². The number of aliphatic hydroxyl groups is 1. The van der Waals surface area contributed by atoms with E-state index in [4.69, 9.17) is 4.98 Å². The van der Waals surface area contributed by atoms with Crippen molar-refractivity contribution in [3.63, 3.8) is 0 Å². The number of hydrogen-bond donors (Lipinski definition) is 2. The van der Waals surface area contributed by atoms with Crippen LogP contribution < -0.4 is 5.56 Å². The third-order valence-corrected chi connectivity index (χ3v) is 5.80. The second-order valence-electron chi connectivity index (χ2n) is 6.94. The number of rotatable bonds is 8. The minimum atomic E-state index is -0.114. The topological polar surface area (TPSA) is 69.2 Å². The Balaban J connectivity index is 1.56. The van der Waals surface area contributed by atoms with Gasteiger partial charge in [0, 0.05) is 24.0 Å². The predicted octanol–water partition coefficient (Wildman–Crippen LogP) is 3.69. The molecule has 2 aromatic carbocycles. The molecule has 0 atom stereocenters. The molecule has 4 rings (SSSR count). The molecule has 0 saturated heterocycles. The van der Waals surface area contributed by atoms with E-state index in [1.165, 1.54) is 16.9 Å². The van der Waals surface area contributed by atoms with E-state index in [-0.39, 0.29) is 12.2 Å². The van der Waals surface area contributed by atoms with E-state index in [0.717, 1.165) is 28.9 Å². The monoisotopic (exact) mass is 405 g/mol. The quantitative estimate of drug-likeness (QED) is 0.469. The second kappa shape index (κ2) is 9.13. The number of aromatic amines is 1. The zero-order valence-electron chi connectivity index (χ0n) is 16.0. The van der Waals surface area contributed by atoms with E-state index in [2.05, 4.69) is 22.0 Å². The summed E-state index contributed by atoms with van der Waals surface area (Å²) in [5, 5.41) is 12.1. The van der Waals surface area contributed by atoms with Gasteiger partial charge in [-0.2, -0.15) is 0 Å². The predicted molar refractivity (Wildman–Crippen MR) is 118 cm³/mol. The van der Waals surface area contributed by atoms with Gasteiger partial charge in [-0.05, 0) is 17.5 Å². The first kappa shape index (κ1) is 19.5. The lowest BCUT2D eigenvalue weighted by atomic mass is 10.1. The van der Waals surface area contributed by atoms with E-state index in [1.54, 1.807) is 0 Å². The lowest BCUT2D eigenvalue weighted by Crippen LogP contribution is -2.30. The van der Waals surface area contributed by atoms with Crippen molar-refractivity contribution in [1.29, 1.82) is 0 Å². The van der Waals surface area contributed by atoms with Gasteiger partial charge in [-0.15, -0.1) is 11.3 Å². The second-order valence-corrected chi connectivity index (χ2v) is 7.80. The zero-order valence-corrected chi connectivity index (χ0v) is 16.9. The molecule has 2 aromatic heterocycles. The third-order valence-electron chi connectivity index (χ3n) is 4.93. The Morgan fingerprint density at radius 3 is 2.45 bits per heavy atom. The summed E-state index contributed by atoms with van der Waals surface area (Å²) >= 11 is 1.49. The van der Waals surface area contributed by atoms with Gasteiger partial charge in [-0.1, -0.05) is 60.7 Å². The SMILES string of the molecule is O=c1[nH]c(CN(CCO)CCc2ccccc2)nc2scc(-c3ccccc3)c12. The summed E-state index contributed by atoms with van der Waals surface area (Å²) in [6.07, 6.45) is 0.879. The summed E-state index contributed by atoms with van der Waals surface area (Å²) in [5.41, 5.74) is 3.07. The molecule has 0 radical (unpaired) electrons. The highest BCUT2D eigenvalue weighted by atomic mass is 32.1. The summed E-state index contributed by atoms with van der Waals surface area (Å²) in [5.74, 6) is 0.630. The Morgan fingerprint density at radius 2 is 1.72 bits per heavy atom. The van der Waals surface area contributed by atoms with E-state index < -0.39 is 0 Å². The molecule has 0 aliphatic heterocycles. The molecule has 5 nitrogen and oxygen atoms in total. The van der Waals surface area contributed by atoms with Crippen molar-refractivity contribution in [2.24, 2.45) is 0 Å². The fourth-order valence-corrected chi connectivity index (χ4v) is 4.42. The number of nitrogens with one attached hydrogen (secondary N) is 1. The molecule has 148 valence electrons. The fraction of sp³-hybridized carbons (Fsp3) is 0.217. The van der Waals surface area contributed by atoms with E-state index in [0.29, 0.717) is 24.3 Å². The first-order valence-electron chi connectivity index (χ1n) is 9.67. The molecule has 0 aliphatic rings. The van der Waals surface area contributed by atoms with Crippen molar-refractivity contribution in [2.75, 3.05) is 19.7 Å². The Kier molecular flexibility index (Phi) is 6.14. The average molecular weight is 406 g/mol. The van der Waals surface area contributed by atoms with Crippen LogP contribution in [0.1, 0.15) is 11.4 Å². The Bertz CT molecular complexity index is 1120. The maximum absolute atomic E-state index is 12.8. The molecule has 2 heterocycles. The molecule has 0 unspecified atom stereocenters. The van der Waals surface area contributed by atoms with E-state index in [1.807, 2.05) is 53.9 Å². The molecule has 0 amide bonds. The zero-order chi connectivity index (χ0) is 20.1. The van der Waals surface area contributed by atoms with Gasteiger partial charge in [0.1, 0.15) is 10.7 Å². The first-order chi connectivity index (χ1) is 14.2. The van der Waals surface area contributed by atoms with E-state index in [9.17, 15) is 9.90 Å². The summed E-state index contributed by atoms with van der Waals surface area (Å²) in [4.78, 5) is 23.3. The van der Waals surface area contributed by atoms with Crippen LogP contribution in [0.5, 0.6) is 0 Å².